The van der Waals surface area contributed by atoms with Gasteiger partial charge >= 0.3 is 0 Å². The lowest BCUT2D eigenvalue weighted by atomic mass is 9.89. The highest BCUT2D eigenvalue weighted by Crippen LogP contribution is 2.32. The number of aliphatic hydroxyl groups excluding tert-OH is 1. The van der Waals surface area contributed by atoms with Crippen LogP contribution >= 0.6 is 0 Å². The molecule has 0 aliphatic carbocycles. The van der Waals surface area contributed by atoms with Crippen molar-refractivity contribution in [1.82, 2.24) is 15.1 Å². The maximum atomic E-state index is 9.14. The molecular formula is C18H25N3O2. The Bertz CT molecular complexity index is 623. The molecule has 2 aromatic rings. The number of nitrogens with zero attached hydrogens (tertiary/aromatic N) is 3. The summed E-state index contributed by atoms with van der Waals surface area (Å²) in [6.45, 7) is 6.39. The normalized spacial score (nSPS) is 22.4. The van der Waals surface area contributed by atoms with Crippen molar-refractivity contribution >= 4 is 0 Å². The molecule has 0 spiro atoms. The quantitative estimate of drug-likeness (QED) is 0.919. The molecule has 1 aliphatic rings. The molecule has 3 rings (SSSR count). The maximum absolute atomic E-state index is 9.14. The van der Waals surface area contributed by atoms with Crippen LogP contribution in [0.2, 0.25) is 0 Å². The molecule has 1 aromatic carbocycles. The SMILES string of the molecule is CCc1nnc([C@H]2CCCN(Cc3ccc(CO)cc3)[C@H]2C)o1. The molecule has 2 heterocycles. The summed E-state index contributed by atoms with van der Waals surface area (Å²) in [5.41, 5.74) is 2.23. The van der Waals surface area contributed by atoms with E-state index in [0.29, 0.717) is 12.0 Å². The van der Waals surface area contributed by atoms with Gasteiger partial charge in [0.2, 0.25) is 11.8 Å². The molecule has 0 amide bonds. The van der Waals surface area contributed by atoms with E-state index >= 15 is 0 Å². The topological polar surface area (TPSA) is 62.4 Å². The second kappa shape index (κ2) is 7.23. The fourth-order valence-corrected chi connectivity index (χ4v) is 3.31. The van der Waals surface area contributed by atoms with E-state index in [1.54, 1.807) is 0 Å². The molecule has 2 atom stereocenters. The Kier molecular flexibility index (Phi) is 5.08. The van der Waals surface area contributed by atoms with Gasteiger partial charge in [0.05, 0.1) is 12.5 Å². The van der Waals surface area contributed by atoms with Crippen LogP contribution in [0.1, 0.15) is 55.5 Å². The van der Waals surface area contributed by atoms with E-state index in [9.17, 15) is 0 Å². The van der Waals surface area contributed by atoms with Crippen LogP contribution in [0.4, 0.5) is 0 Å². The molecule has 5 heteroatoms. The van der Waals surface area contributed by atoms with Crippen molar-refractivity contribution < 1.29 is 9.52 Å². The zero-order chi connectivity index (χ0) is 16.2. The molecule has 0 saturated carbocycles. The minimum atomic E-state index is 0.0966. The number of hydrogen-bond acceptors (Lipinski definition) is 5. The number of aryl methyl sites for hydroxylation is 1. The van der Waals surface area contributed by atoms with Gasteiger partial charge in [-0.1, -0.05) is 31.2 Å². The van der Waals surface area contributed by atoms with Crippen LogP contribution in [-0.2, 0) is 19.6 Å². The van der Waals surface area contributed by atoms with E-state index in [4.69, 9.17) is 9.52 Å². The lowest BCUT2D eigenvalue weighted by Gasteiger charge is -2.38. The van der Waals surface area contributed by atoms with Gasteiger partial charge < -0.3 is 9.52 Å². The van der Waals surface area contributed by atoms with Gasteiger partial charge in [-0.25, -0.2) is 0 Å². The smallest absolute Gasteiger partial charge is 0.221 e. The molecule has 1 saturated heterocycles. The molecule has 1 aliphatic heterocycles. The zero-order valence-corrected chi connectivity index (χ0v) is 13.9. The van der Waals surface area contributed by atoms with Gasteiger partial charge in [0, 0.05) is 19.0 Å². The maximum Gasteiger partial charge on any atom is 0.221 e. The first-order valence-corrected chi connectivity index (χ1v) is 8.46. The summed E-state index contributed by atoms with van der Waals surface area (Å²) in [4.78, 5) is 2.48. The third kappa shape index (κ3) is 3.62. The zero-order valence-electron chi connectivity index (χ0n) is 13.9. The average molecular weight is 315 g/mol. The molecule has 1 fully saturated rings. The molecule has 1 N–H and O–H groups in total. The fraction of sp³-hybridized carbons (Fsp3) is 0.556. The van der Waals surface area contributed by atoms with E-state index in [1.807, 2.05) is 19.1 Å². The summed E-state index contributed by atoms with van der Waals surface area (Å²) in [6, 6.07) is 8.57. The Morgan fingerprint density at radius 2 is 1.96 bits per heavy atom. The van der Waals surface area contributed by atoms with Crippen molar-refractivity contribution in [1.29, 1.82) is 0 Å². The van der Waals surface area contributed by atoms with Crippen LogP contribution < -0.4 is 0 Å². The molecule has 0 unspecified atom stereocenters. The van der Waals surface area contributed by atoms with E-state index in [-0.39, 0.29) is 6.61 Å². The molecule has 1 aromatic heterocycles. The van der Waals surface area contributed by atoms with Crippen molar-refractivity contribution in [2.45, 2.75) is 58.2 Å². The molecule has 124 valence electrons. The second-order valence-electron chi connectivity index (χ2n) is 6.32. The molecular weight excluding hydrogens is 290 g/mol. The number of hydrogen-bond donors (Lipinski definition) is 1. The largest absolute Gasteiger partial charge is 0.425 e. The van der Waals surface area contributed by atoms with Gasteiger partial charge in [-0.05, 0) is 37.4 Å². The highest BCUT2D eigenvalue weighted by atomic mass is 16.4. The lowest BCUT2D eigenvalue weighted by Crippen LogP contribution is -2.41. The summed E-state index contributed by atoms with van der Waals surface area (Å²) in [7, 11) is 0. The van der Waals surface area contributed by atoms with Crippen LogP contribution in [0, 0.1) is 0 Å². The first-order chi connectivity index (χ1) is 11.2. The Morgan fingerprint density at radius 3 is 2.61 bits per heavy atom. The van der Waals surface area contributed by atoms with Gasteiger partial charge in [0.1, 0.15) is 0 Å². The van der Waals surface area contributed by atoms with Gasteiger partial charge in [-0.3, -0.25) is 4.90 Å². The summed E-state index contributed by atoms with van der Waals surface area (Å²) in [5, 5.41) is 17.5. The number of aromatic nitrogens is 2. The van der Waals surface area contributed by atoms with Crippen molar-refractivity contribution in [2.24, 2.45) is 0 Å². The molecule has 5 nitrogen and oxygen atoms in total. The monoisotopic (exact) mass is 315 g/mol. The molecule has 0 radical (unpaired) electrons. The number of rotatable bonds is 5. The van der Waals surface area contributed by atoms with Crippen LogP contribution in [0.3, 0.4) is 0 Å². The van der Waals surface area contributed by atoms with Crippen molar-refractivity contribution in [2.75, 3.05) is 6.54 Å². The summed E-state index contributed by atoms with van der Waals surface area (Å²) >= 11 is 0. The van der Waals surface area contributed by atoms with Crippen molar-refractivity contribution in [3.05, 3.63) is 47.2 Å². The Balaban J connectivity index is 1.69. The second-order valence-corrected chi connectivity index (χ2v) is 6.32. The minimum absolute atomic E-state index is 0.0966. The van der Waals surface area contributed by atoms with Crippen molar-refractivity contribution in [3.63, 3.8) is 0 Å². The Morgan fingerprint density at radius 1 is 1.22 bits per heavy atom. The van der Waals surface area contributed by atoms with Crippen LogP contribution in [0.5, 0.6) is 0 Å². The van der Waals surface area contributed by atoms with Gasteiger partial charge in [0.25, 0.3) is 0 Å². The third-order valence-corrected chi connectivity index (χ3v) is 4.81. The average Bonchev–Trinajstić information content (AvgIpc) is 3.06. The number of benzene rings is 1. The minimum Gasteiger partial charge on any atom is -0.425 e. The van der Waals surface area contributed by atoms with E-state index in [0.717, 1.165) is 49.7 Å². The highest BCUT2D eigenvalue weighted by molar-refractivity contribution is 5.22. The lowest BCUT2D eigenvalue weighted by molar-refractivity contribution is 0.118. The van der Waals surface area contributed by atoms with Crippen LogP contribution in [0.15, 0.2) is 28.7 Å². The van der Waals surface area contributed by atoms with Gasteiger partial charge in [-0.15, -0.1) is 10.2 Å². The first kappa shape index (κ1) is 16.1. The Labute approximate surface area is 137 Å². The van der Waals surface area contributed by atoms with E-state index in [2.05, 4.69) is 34.2 Å². The van der Waals surface area contributed by atoms with Gasteiger partial charge in [0.15, 0.2) is 0 Å². The highest BCUT2D eigenvalue weighted by Gasteiger charge is 2.32. The van der Waals surface area contributed by atoms with E-state index < -0.39 is 0 Å². The standard InChI is InChI=1S/C18H25N3O2/c1-3-17-19-20-18(23-17)16-5-4-10-21(13(16)2)11-14-6-8-15(12-22)9-7-14/h6-9,13,16,22H,3-5,10-12H2,1-2H3/t13-,16-/m0/s1. The fourth-order valence-electron chi connectivity index (χ4n) is 3.31. The number of aliphatic hydroxyl groups is 1. The predicted octanol–water partition coefficient (Wildman–Crippen LogP) is 2.89. The predicted molar refractivity (Wildman–Crippen MR) is 87.9 cm³/mol. The summed E-state index contributed by atoms with van der Waals surface area (Å²) in [5.74, 6) is 1.83. The Hall–Kier alpha value is -1.72. The van der Waals surface area contributed by atoms with Crippen molar-refractivity contribution in [3.8, 4) is 0 Å². The summed E-state index contributed by atoms with van der Waals surface area (Å²) < 4.78 is 5.79. The van der Waals surface area contributed by atoms with Crippen LogP contribution in [0.25, 0.3) is 0 Å². The van der Waals surface area contributed by atoms with Gasteiger partial charge in [-0.2, -0.15) is 0 Å². The number of piperidine rings is 1. The third-order valence-electron chi connectivity index (χ3n) is 4.81. The van der Waals surface area contributed by atoms with Crippen LogP contribution in [-0.4, -0.2) is 32.8 Å². The first-order valence-electron chi connectivity index (χ1n) is 8.46. The van der Waals surface area contributed by atoms with E-state index in [1.165, 1.54) is 5.56 Å². The number of likely N-dealkylation sites (tertiary alicyclic amines) is 1. The summed E-state index contributed by atoms with van der Waals surface area (Å²) in [6.07, 6.45) is 3.04. The molecule has 23 heavy (non-hydrogen) atoms. The molecule has 0 bridgehead atoms.